The zero-order chi connectivity index (χ0) is 20.6. The molecule has 3 aromatic rings. The molecule has 1 amide bonds. The number of ketones is 1. The zero-order valence-electron chi connectivity index (χ0n) is 16.2. The van der Waals surface area contributed by atoms with Crippen molar-refractivity contribution in [3.05, 3.63) is 94.5 Å². The molecule has 0 fully saturated rings. The first-order valence-electron chi connectivity index (χ1n) is 9.42. The van der Waals surface area contributed by atoms with Crippen molar-refractivity contribution in [2.75, 3.05) is 11.9 Å². The van der Waals surface area contributed by atoms with E-state index in [1.807, 2.05) is 37.3 Å². The van der Waals surface area contributed by atoms with Gasteiger partial charge in [-0.1, -0.05) is 60.1 Å². The summed E-state index contributed by atoms with van der Waals surface area (Å²) < 4.78 is 5.72. The van der Waals surface area contributed by atoms with Crippen LogP contribution in [0.5, 0.6) is 5.75 Å². The Morgan fingerprint density at radius 3 is 2.45 bits per heavy atom. The summed E-state index contributed by atoms with van der Waals surface area (Å²) in [6.45, 7) is 2.42. The predicted octanol–water partition coefficient (Wildman–Crippen LogP) is 5.68. The maximum atomic E-state index is 12.8. The lowest BCUT2D eigenvalue weighted by molar-refractivity contribution is -0.116. The second-order valence-electron chi connectivity index (χ2n) is 6.65. The van der Waals surface area contributed by atoms with Gasteiger partial charge in [0.25, 0.3) is 0 Å². The van der Waals surface area contributed by atoms with Gasteiger partial charge in [-0.3, -0.25) is 9.59 Å². The van der Waals surface area contributed by atoms with E-state index in [1.54, 1.807) is 42.5 Å². The molecule has 0 aliphatic heterocycles. The van der Waals surface area contributed by atoms with Crippen molar-refractivity contribution in [1.29, 1.82) is 0 Å². The van der Waals surface area contributed by atoms with E-state index in [9.17, 15) is 9.59 Å². The first-order chi connectivity index (χ1) is 14.0. The molecule has 0 bridgehead atoms. The fraction of sp³-hybridized carbons (Fsp3) is 0.167. The first-order valence-corrected chi connectivity index (χ1v) is 9.80. The van der Waals surface area contributed by atoms with Gasteiger partial charge in [-0.15, -0.1) is 0 Å². The molecule has 3 aromatic carbocycles. The van der Waals surface area contributed by atoms with E-state index in [4.69, 9.17) is 16.3 Å². The Bertz CT molecular complexity index is 1000. The number of carbonyl (C=O) groups is 2. The number of aryl methyl sites for hydroxylation is 1. The van der Waals surface area contributed by atoms with Crippen molar-refractivity contribution in [2.45, 2.75) is 19.8 Å². The highest BCUT2D eigenvalue weighted by Gasteiger charge is 2.16. The summed E-state index contributed by atoms with van der Waals surface area (Å²) >= 11 is 6.08. The van der Waals surface area contributed by atoms with Crippen molar-refractivity contribution in [3.8, 4) is 5.75 Å². The van der Waals surface area contributed by atoms with Crippen LogP contribution in [0.4, 0.5) is 5.69 Å². The summed E-state index contributed by atoms with van der Waals surface area (Å²) in [6, 6.07) is 21.5. The van der Waals surface area contributed by atoms with Crippen molar-refractivity contribution >= 4 is 29.0 Å². The van der Waals surface area contributed by atoms with Crippen LogP contribution in [0.15, 0.2) is 72.8 Å². The lowest BCUT2D eigenvalue weighted by atomic mass is 10.0. The van der Waals surface area contributed by atoms with Crippen molar-refractivity contribution in [1.82, 2.24) is 0 Å². The Morgan fingerprint density at radius 2 is 1.69 bits per heavy atom. The number of amides is 1. The highest BCUT2D eigenvalue weighted by molar-refractivity contribution is 6.31. The number of nitrogens with one attached hydrogen (secondary N) is 1. The van der Waals surface area contributed by atoms with E-state index in [1.165, 1.54) is 0 Å². The standard InChI is InChI=1S/C24H22ClNO3/c1-17-8-5-6-11-22(17)29-15-7-12-23(27)26-21-14-13-19(25)16-20(21)24(28)18-9-3-2-4-10-18/h2-6,8-11,13-14,16H,7,12,15H2,1H3,(H,26,27). The van der Waals surface area contributed by atoms with Gasteiger partial charge in [0.05, 0.1) is 12.3 Å². The molecule has 148 valence electrons. The zero-order valence-corrected chi connectivity index (χ0v) is 16.9. The number of anilines is 1. The van der Waals surface area contributed by atoms with Crippen LogP contribution < -0.4 is 10.1 Å². The van der Waals surface area contributed by atoms with Crippen molar-refractivity contribution < 1.29 is 14.3 Å². The molecule has 5 heteroatoms. The third-order valence-electron chi connectivity index (χ3n) is 4.44. The van der Waals surface area contributed by atoms with Gasteiger partial charge in [0.2, 0.25) is 5.91 Å². The molecular weight excluding hydrogens is 386 g/mol. The number of rotatable bonds is 8. The lowest BCUT2D eigenvalue weighted by Crippen LogP contribution is -2.16. The predicted molar refractivity (Wildman–Crippen MR) is 116 cm³/mol. The van der Waals surface area contributed by atoms with Crippen LogP contribution in [0.25, 0.3) is 0 Å². The molecular formula is C24H22ClNO3. The maximum absolute atomic E-state index is 12.8. The van der Waals surface area contributed by atoms with Gasteiger partial charge < -0.3 is 10.1 Å². The highest BCUT2D eigenvalue weighted by atomic mass is 35.5. The largest absolute Gasteiger partial charge is 0.493 e. The molecule has 0 aromatic heterocycles. The van der Waals surface area contributed by atoms with Crippen LogP contribution in [0.2, 0.25) is 5.02 Å². The second kappa shape index (κ2) is 9.89. The maximum Gasteiger partial charge on any atom is 0.224 e. The number of ether oxygens (including phenoxy) is 1. The number of para-hydroxylation sites is 1. The summed E-state index contributed by atoms with van der Waals surface area (Å²) in [4.78, 5) is 25.2. The third-order valence-corrected chi connectivity index (χ3v) is 4.67. The molecule has 29 heavy (non-hydrogen) atoms. The number of carbonyl (C=O) groups excluding carboxylic acids is 2. The van der Waals surface area contributed by atoms with Crippen molar-refractivity contribution in [3.63, 3.8) is 0 Å². The van der Waals surface area contributed by atoms with E-state index < -0.39 is 0 Å². The number of benzene rings is 3. The minimum Gasteiger partial charge on any atom is -0.493 e. The Morgan fingerprint density at radius 1 is 0.966 bits per heavy atom. The van der Waals surface area contributed by atoms with Gasteiger partial charge in [0.15, 0.2) is 5.78 Å². The smallest absolute Gasteiger partial charge is 0.224 e. The molecule has 0 spiro atoms. The molecule has 4 nitrogen and oxygen atoms in total. The Labute approximate surface area is 175 Å². The number of hydrogen-bond donors (Lipinski definition) is 1. The van der Waals surface area contributed by atoms with Gasteiger partial charge in [-0.2, -0.15) is 0 Å². The minimum absolute atomic E-state index is 0.178. The fourth-order valence-corrected chi connectivity index (χ4v) is 3.08. The number of hydrogen-bond acceptors (Lipinski definition) is 3. The molecule has 0 atom stereocenters. The van der Waals surface area contributed by atoms with Crippen LogP contribution in [0, 0.1) is 6.92 Å². The van der Waals surface area contributed by atoms with E-state index in [0.717, 1.165) is 11.3 Å². The van der Waals surface area contributed by atoms with Crippen LogP contribution in [0.3, 0.4) is 0 Å². The van der Waals surface area contributed by atoms with Crippen LogP contribution in [-0.4, -0.2) is 18.3 Å². The minimum atomic E-state index is -0.189. The topological polar surface area (TPSA) is 55.4 Å². The molecule has 1 N–H and O–H groups in total. The van der Waals surface area contributed by atoms with E-state index in [0.29, 0.717) is 34.9 Å². The van der Waals surface area contributed by atoms with Crippen LogP contribution in [-0.2, 0) is 4.79 Å². The van der Waals surface area contributed by atoms with Gasteiger partial charge in [0, 0.05) is 22.6 Å². The average Bonchev–Trinajstić information content (AvgIpc) is 2.74. The lowest BCUT2D eigenvalue weighted by Gasteiger charge is -2.12. The average molecular weight is 408 g/mol. The Hall–Kier alpha value is -3.11. The van der Waals surface area contributed by atoms with Gasteiger partial charge >= 0.3 is 0 Å². The fourth-order valence-electron chi connectivity index (χ4n) is 2.90. The summed E-state index contributed by atoms with van der Waals surface area (Å²) in [7, 11) is 0. The molecule has 0 aliphatic carbocycles. The monoisotopic (exact) mass is 407 g/mol. The summed E-state index contributed by atoms with van der Waals surface area (Å²) in [6.07, 6.45) is 0.850. The molecule has 0 saturated carbocycles. The summed E-state index contributed by atoms with van der Waals surface area (Å²) in [5.74, 6) is 0.454. The molecule has 0 heterocycles. The third kappa shape index (κ3) is 5.69. The summed E-state index contributed by atoms with van der Waals surface area (Å²) in [5, 5.41) is 3.26. The molecule has 0 aliphatic rings. The van der Waals surface area contributed by atoms with Gasteiger partial charge in [0.1, 0.15) is 5.75 Å². The Kier molecular flexibility index (Phi) is 7.04. The van der Waals surface area contributed by atoms with Crippen LogP contribution >= 0.6 is 11.6 Å². The molecule has 3 rings (SSSR count). The molecule has 0 saturated heterocycles. The molecule has 0 radical (unpaired) electrons. The summed E-state index contributed by atoms with van der Waals surface area (Å²) in [5.41, 5.74) is 2.42. The van der Waals surface area contributed by atoms with E-state index >= 15 is 0 Å². The normalized spacial score (nSPS) is 10.4. The molecule has 0 unspecified atom stereocenters. The van der Waals surface area contributed by atoms with Gasteiger partial charge in [-0.25, -0.2) is 0 Å². The SMILES string of the molecule is Cc1ccccc1OCCCC(=O)Nc1ccc(Cl)cc1C(=O)c1ccccc1. The quantitative estimate of drug-likeness (QED) is 0.386. The first kappa shape index (κ1) is 20.6. The van der Waals surface area contributed by atoms with Crippen LogP contribution in [0.1, 0.15) is 34.3 Å². The van der Waals surface area contributed by atoms with E-state index in [-0.39, 0.29) is 18.1 Å². The highest BCUT2D eigenvalue weighted by Crippen LogP contribution is 2.24. The van der Waals surface area contributed by atoms with E-state index in [2.05, 4.69) is 5.32 Å². The second-order valence-corrected chi connectivity index (χ2v) is 7.09. The number of halogens is 1. The Balaban J connectivity index is 1.60. The van der Waals surface area contributed by atoms with Crippen molar-refractivity contribution in [2.24, 2.45) is 0 Å². The van der Waals surface area contributed by atoms with Gasteiger partial charge in [-0.05, 0) is 43.2 Å².